The molecule has 3 heteroatoms. The highest BCUT2D eigenvalue weighted by atomic mass is 19.1. The summed E-state index contributed by atoms with van der Waals surface area (Å²) in [4.78, 5) is 4.44. The number of unbranched alkanes of at least 4 members (excludes halogenated alkanes) is 3. The highest BCUT2D eigenvalue weighted by Gasteiger charge is 2.08. The number of nitrogens with zero attached hydrogens (tertiary/aromatic N) is 1. The van der Waals surface area contributed by atoms with Crippen molar-refractivity contribution in [3.8, 4) is 17.0 Å². The van der Waals surface area contributed by atoms with Crippen molar-refractivity contribution in [1.82, 2.24) is 4.98 Å². The second kappa shape index (κ2) is 10.9. The normalized spacial score (nSPS) is 12.1. The third kappa shape index (κ3) is 6.85. The Balaban J connectivity index is 1.81. The molecule has 0 bridgehead atoms. The lowest BCUT2D eigenvalue weighted by molar-refractivity contribution is 0.183. The highest BCUT2D eigenvalue weighted by Crippen LogP contribution is 2.21. The van der Waals surface area contributed by atoms with Crippen molar-refractivity contribution < 1.29 is 9.13 Å². The van der Waals surface area contributed by atoms with Crippen molar-refractivity contribution in [2.75, 3.05) is 6.61 Å². The van der Waals surface area contributed by atoms with Gasteiger partial charge in [0.2, 0.25) is 0 Å². The minimum Gasteiger partial charge on any atom is -0.489 e. The molecule has 0 radical (unpaired) electrons. The van der Waals surface area contributed by atoms with Crippen LogP contribution in [-0.4, -0.2) is 17.8 Å². The highest BCUT2D eigenvalue weighted by molar-refractivity contribution is 5.59. The molecule has 136 valence electrons. The van der Waals surface area contributed by atoms with Crippen LogP contribution in [0, 0.1) is 0 Å². The first-order chi connectivity index (χ1) is 12.2. The van der Waals surface area contributed by atoms with Crippen molar-refractivity contribution in [3.63, 3.8) is 0 Å². The number of halogens is 1. The van der Waals surface area contributed by atoms with E-state index in [4.69, 9.17) is 4.74 Å². The molecule has 1 aromatic heterocycles. The molecule has 1 unspecified atom stereocenters. The quantitative estimate of drug-likeness (QED) is 0.441. The van der Waals surface area contributed by atoms with E-state index < -0.39 is 6.17 Å². The second-order valence-electron chi connectivity index (χ2n) is 6.58. The Morgan fingerprint density at radius 1 is 0.960 bits per heavy atom. The molecule has 0 saturated heterocycles. The molecular formula is C22H30FNO. The van der Waals surface area contributed by atoms with E-state index in [-0.39, 0.29) is 6.61 Å². The summed E-state index contributed by atoms with van der Waals surface area (Å²) in [6, 6.07) is 12.3. The van der Waals surface area contributed by atoms with Gasteiger partial charge in [0, 0.05) is 5.56 Å². The van der Waals surface area contributed by atoms with Crippen molar-refractivity contribution in [1.29, 1.82) is 0 Å². The minimum absolute atomic E-state index is 0.110. The largest absolute Gasteiger partial charge is 0.489 e. The fraction of sp³-hybridized carbons (Fsp3) is 0.500. The summed E-state index contributed by atoms with van der Waals surface area (Å²) < 4.78 is 19.3. The molecule has 0 spiro atoms. The summed E-state index contributed by atoms with van der Waals surface area (Å²) in [5.41, 5.74) is 3.34. The van der Waals surface area contributed by atoms with E-state index in [9.17, 15) is 4.39 Å². The number of alkyl halides is 1. The Kier molecular flexibility index (Phi) is 8.44. The van der Waals surface area contributed by atoms with Crippen molar-refractivity contribution >= 4 is 0 Å². The molecule has 1 atom stereocenters. The molecule has 2 aromatic rings. The Morgan fingerprint density at radius 3 is 2.40 bits per heavy atom. The fourth-order valence-corrected chi connectivity index (χ4v) is 2.83. The zero-order chi connectivity index (χ0) is 17.9. The van der Waals surface area contributed by atoms with E-state index in [2.05, 4.69) is 43.1 Å². The van der Waals surface area contributed by atoms with Crippen LogP contribution in [-0.2, 0) is 6.42 Å². The van der Waals surface area contributed by atoms with Gasteiger partial charge in [0.1, 0.15) is 18.5 Å². The first-order valence-corrected chi connectivity index (χ1v) is 9.55. The van der Waals surface area contributed by atoms with Crippen LogP contribution in [0.5, 0.6) is 5.75 Å². The van der Waals surface area contributed by atoms with Gasteiger partial charge in [-0.15, -0.1) is 0 Å². The maximum Gasteiger partial charge on any atom is 0.137 e. The fourth-order valence-electron chi connectivity index (χ4n) is 2.83. The molecule has 0 saturated carbocycles. The van der Waals surface area contributed by atoms with E-state index in [0.29, 0.717) is 12.2 Å². The SMILES string of the molecule is CCCCCCC(F)COc1ccc(-c2ccc(CCC)cc2)nc1. The topological polar surface area (TPSA) is 22.1 Å². The average Bonchev–Trinajstić information content (AvgIpc) is 2.65. The average molecular weight is 343 g/mol. The summed E-state index contributed by atoms with van der Waals surface area (Å²) in [7, 11) is 0. The summed E-state index contributed by atoms with van der Waals surface area (Å²) in [5, 5.41) is 0. The predicted molar refractivity (Wildman–Crippen MR) is 103 cm³/mol. The molecule has 0 N–H and O–H groups in total. The Hall–Kier alpha value is -1.90. The van der Waals surface area contributed by atoms with Crippen LogP contribution < -0.4 is 4.74 Å². The van der Waals surface area contributed by atoms with Gasteiger partial charge in [0.05, 0.1) is 11.9 Å². The monoisotopic (exact) mass is 343 g/mol. The van der Waals surface area contributed by atoms with E-state index in [0.717, 1.165) is 36.9 Å². The zero-order valence-electron chi connectivity index (χ0n) is 15.5. The number of pyridine rings is 1. The van der Waals surface area contributed by atoms with Crippen molar-refractivity contribution in [3.05, 3.63) is 48.2 Å². The van der Waals surface area contributed by atoms with Crippen LogP contribution in [0.2, 0.25) is 0 Å². The van der Waals surface area contributed by atoms with Gasteiger partial charge in [-0.3, -0.25) is 4.98 Å². The molecule has 0 aliphatic heterocycles. The first-order valence-electron chi connectivity index (χ1n) is 9.55. The van der Waals surface area contributed by atoms with E-state index >= 15 is 0 Å². The maximum atomic E-state index is 13.8. The Morgan fingerprint density at radius 2 is 1.76 bits per heavy atom. The van der Waals surface area contributed by atoms with Crippen LogP contribution in [0.25, 0.3) is 11.3 Å². The number of hydrogen-bond acceptors (Lipinski definition) is 2. The van der Waals surface area contributed by atoms with E-state index in [1.807, 2.05) is 12.1 Å². The maximum absolute atomic E-state index is 13.8. The molecule has 2 rings (SSSR count). The molecular weight excluding hydrogens is 313 g/mol. The summed E-state index contributed by atoms with van der Waals surface area (Å²) in [6.07, 6.45) is 8.00. The third-order valence-electron chi connectivity index (χ3n) is 4.33. The summed E-state index contributed by atoms with van der Waals surface area (Å²) in [6.45, 7) is 4.45. The summed E-state index contributed by atoms with van der Waals surface area (Å²) >= 11 is 0. The molecule has 1 aromatic carbocycles. The number of hydrogen-bond donors (Lipinski definition) is 0. The van der Waals surface area contributed by atoms with Crippen LogP contribution >= 0.6 is 0 Å². The van der Waals surface area contributed by atoms with Gasteiger partial charge < -0.3 is 4.74 Å². The van der Waals surface area contributed by atoms with Crippen molar-refractivity contribution in [2.24, 2.45) is 0 Å². The number of benzene rings is 1. The van der Waals surface area contributed by atoms with Crippen molar-refractivity contribution in [2.45, 2.75) is 65.0 Å². The molecule has 0 aliphatic carbocycles. The van der Waals surface area contributed by atoms with Crippen LogP contribution in [0.3, 0.4) is 0 Å². The smallest absolute Gasteiger partial charge is 0.137 e. The molecule has 0 aliphatic rings. The first kappa shape index (κ1) is 19.4. The standard InChI is InChI=1S/C22H30FNO/c1-3-5-6-7-9-20(23)17-25-21-14-15-22(24-16-21)19-12-10-18(8-4-2)11-13-19/h10-16,20H,3-9,17H2,1-2H3. The zero-order valence-corrected chi connectivity index (χ0v) is 15.5. The minimum atomic E-state index is -0.900. The lowest BCUT2D eigenvalue weighted by Crippen LogP contribution is -2.12. The Bertz CT molecular complexity index is 594. The number of aromatic nitrogens is 1. The number of aryl methyl sites for hydroxylation is 1. The third-order valence-corrected chi connectivity index (χ3v) is 4.33. The van der Waals surface area contributed by atoms with Gasteiger partial charge in [0.15, 0.2) is 0 Å². The van der Waals surface area contributed by atoms with E-state index in [1.165, 1.54) is 18.4 Å². The van der Waals surface area contributed by atoms with Gasteiger partial charge >= 0.3 is 0 Å². The van der Waals surface area contributed by atoms with Gasteiger partial charge in [-0.1, -0.05) is 70.2 Å². The number of ether oxygens (including phenoxy) is 1. The van der Waals surface area contributed by atoms with Crippen LogP contribution in [0.15, 0.2) is 42.6 Å². The van der Waals surface area contributed by atoms with Gasteiger partial charge in [-0.2, -0.15) is 0 Å². The summed E-state index contributed by atoms with van der Waals surface area (Å²) in [5.74, 6) is 0.627. The van der Waals surface area contributed by atoms with Gasteiger partial charge in [-0.25, -0.2) is 4.39 Å². The predicted octanol–water partition coefficient (Wildman–Crippen LogP) is 6.39. The molecule has 0 fully saturated rings. The van der Waals surface area contributed by atoms with Crippen LogP contribution in [0.1, 0.15) is 57.9 Å². The molecule has 1 heterocycles. The molecule has 25 heavy (non-hydrogen) atoms. The lowest BCUT2D eigenvalue weighted by atomic mass is 10.1. The van der Waals surface area contributed by atoms with Gasteiger partial charge in [0.25, 0.3) is 0 Å². The van der Waals surface area contributed by atoms with Crippen LogP contribution in [0.4, 0.5) is 4.39 Å². The molecule has 0 amide bonds. The molecule has 2 nitrogen and oxygen atoms in total. The van der Waals surface area contributed by atoms with E-state index in [1.54, 1.807) is 6.20 Å². The second-order valence-corrected chi connectivity index (χ2v) is 6.58. The Labute approximate surface area is 151 Å². The number of rotatable bonds is 11. The lowest BCUT2D eigenvalue weighted by Gasteiger charge is -2.10. The van der Waals surface area contributed by atoms with Gasteiger partial charge in [-0.05, 0) is 30.5 Å².